The predicted molar refractivity (Wildman–Crippen MR) is 66.6 cm³/mol. The molecule has 0 atom stereocenters. The third kappa shape index (κ3) is 3.60. The van der Waals surface area contributed by atoms with E-state index in [9.17, 15) is 4.79 Å². The van der Waals surface area contributed by atoms with Gasteiger partial charge in [0.1, 0.15) is 0 Å². The number of nitrogens with one attached hydrogen (secondary N) is 1. The van der Waals surface area contributed by atoms with Crippen molar-refractivity contribution in [2.75, 3.05) is 6.54 Å². The molecule has 84 valence electrons. The highest BCUT2D eigenvalue weighted by Gasteiger charge is 2.05. The van der Waals surface area contributed by atoms with E-state index in [-0.39, 0.29) is 5.91 Å². The van der Waals surface area contributed by atoms with Crippen molar-refractivity contribution in [3.8, 4) is 12.3 Å². The number of aryl methyl sites for hydroxylation is 1. The van der Waals surface area contributed by atoms with E-state index in [1.807, 2.05) is 6.92 Å². The molecule has 0 heterocycles. The van der Waals surface area contributed by atoms with Crippen LogP contribution in [0.5, 0.6) is 0 Å². The van der Waals surface area contributed by atoms with Gasteiger partial charge in [-0.2, -0.15) is 0 Å². The van der Waals surface area contributed by atoms with Crippen LogP contribution in [-0.4, -0.2) is 12.5 Å². The smallest absolute Gasteiger partial charge is 0.251 e. The summed E-state index contributed by atoms with van der Waals surface area (Å²) in [5, 5.41) is 3.47. The Balaban J connectivity index is 2.53. The van der Waals surface area contributed by atoms with Crippen LogP contribution < -0.4 is 5.32 Å². The summed E-state index contributed by atoms with van der Waals surface area (Å²) >= 11 is 5.88. The molecule has 2 nitrogen and oxygen atoms in total. The molecule has 16 heavy (non-hydrogen) atoms. The third-order valence-corrected chi connectivity index (χ3v) is 2.63. The third-order valence-electron chi connectivity index (χ3n) is 2.20. The van der Waals surface area contributed by atoms with E-state index in [1.165, 1.54) is 0 Å². The maximum Gasteiger partial charge on any atom is 0.251 e. The highest BCUT2D eigenvalue weighted by Crippen LogP contribution is 2.16. The van der Waals surface area contributed by atoms with Gasteiger partial charge in [-0.3, -0.25) is 4.79 Å². The summed E-state index contributed by atoms with van der Waals surface area (Å²) in [5.74, 6) is 2.44. The van der Waals surface area contributed by atoms with Crippen LogP contribution in [0.15, 0.2) is 18.2 Å². The van der Waals surface area contributed by atoms with Crippen LogP contribution in [0, 0.1) is 19.3 Å². The van der Waals surface area contributed by atoms with Gasteiger partial charge in [-0.1, -0.05) is 11.6 Å². The number of amides is 1. The van der Waals surface area contributed by atoms with Crippen LogP contribution in [0.1, 0.15) is 28.8 Å². The summed E-state index contributed by atoms with van der Waals surface area (Å²) in [6, 6.07) is 5.22. The Morgan fingerprint density at radius 1 is 1.56 bits per heavy atom. The summed E-state index contributed by atoms with van der Waals surface area (Å²) in [4.78, 5) is 11.7. The highest BCUT2D eigenvalue weighted by atomic mass is 35.5. The fourth-order valence-electron chi connectivity index (χ4n) is 1.28. The van der Waals surface area contributed by atoms with Gasteiger partial charge < -0.3 is 5.32 Å². The van der Waals surface area contributed by atoms with Crippen molar-refractivity contribution in [1.82, 2.24) is 5.32 Å². The first-order valence-corrected chi connectivity index (χ1v) is 5.50. The minimum Gasteiger partial charge on any atom is -0.352 e. The first kappa shape index (κ1) is 12.6. The van der Waals surface area contributed by atoms with Gasteiger partial charge in [-0.05, 0) is 37.1 Å². The lowest BCUT2D eigenvalue weighted by Crippen LogP contribution is -2.24. The van der Waals surface area contributed by atoms with Crippen LogP contribution in [0.2, 0.25) is 5.02 Å². The quantitative estimate of drug-likeness (QED) is 0.631. The SMILES string of the molecule is C#CCCCNC(=O)c1ccc(Cl)c(C)c1. The average Bonchev–Trinajstić information content (AvgIpc) is 2.28. The topological polar surface area (TPSA) is 29.1 Å². The molecule has 0 aliphatic rings. The van der Waals surface area contributed by atoms with Crippen molar-refractivity contribution in [3.05, 3.63) is 34.3 Å². The van der Waals surface area contributed by atoms with Crippen LogP contribution in [0.3, 0.4) is 0 Å². The Labute approximate surface area is 101 Å². The van der Waals surface area contributed by atoms with Gasteiger partial charge in [-0.15, -0.1) is 12.3 Å². The van der Waals surface area contributed by atoms with Crippen LogP contribution in [0.4, 0.5) is 0 Å². The van der Waals surface area contributed by atoms with Gasteiger partial charge in [0.25, 0.3) is 5.91 Å². The summed E-state index contributed by atoms with van der Waals surface area (Å²) in [5.41, 5.74) is 1.53. The molecular formula is C13H14ClNO. The van der Waals surface area contributed by atoms with Crippen LogP contribution in [0.25, 0.3) is 0 Å². The van der Waals surface area contributed by atoms with Crippen LogP contribution in [-0.2, 0) is 0 Å². The largest absolute Gasteiger partial charge is 0.352 e. The minimum atomic E-state index is -0.0863. The predicted octanol–water partition coefficient (Wildman–Crippen LogP) is 2.79. The standard InChI is InChI=1S/C13H14ClNO/c1-3-4-5-8-15-13(16)11-6-7-12(14)10(2)9-11/h1,6-7,9H,4-5,8H2,2H3,(H,15,16). The molecule has 0 spiro atoms. The second kappa shape index (κ2) is 6.19. The highest BCUT2D eigenvalue weighted by molar-refractivity contribution is 6.31. The molecule has 1 aromatic rings. The summed E-state index contributed by atoms with van der Waals surface area (Å²) in [6.07, 6.45) is 6.60. The molecule has 0 aromatic heterocycles. The number of hydrogen-bond donors (Lipinski definition) is 1. The normalized spacial score (nSPS) is 9.56. The van der Waals surface area contributed by atoms with Gasteiger partial charge in [0.05, 0.1) is 0 Å². The number of halogens is 1. The number of unbranched alkanes of at least 4 members (excludes halogenated alkanes) is 1. The number of terminal acetylenes is 1. The summed E-state index contributed by atoms with van der Waals surface area (Å²) < 4.78 is 0. The lowest BCUT2D eigenvalue weighted by molar-refractivity contribution is 0.0953. The van der Waals surface area contributed by atoms with Gasteiger partial charge in [0.2, 0.25) is 0 Å². The number of rotatable bonds is 4. The molecule has 0 radical (unpaired) electrons. The zero-order valence-corrected chi connectivity index (χ0v) is 9.97. The molecule has 1 N–H and O–H groups in total. The molecule has 1 rings (SSSR count). The molecule has 1 aromatic carbocycles. The lowest BCUT2D eigenvalue weighted by Gasteiger charge is -2.05. The lowest BCUT2D eigenvalue weighted by atomic mass is 10.1. The first-order valence-electron chi connectivity index (χ1n) is 5.13. The molecule has 1 amide bonds. The van der Waals surface area contributed by atoms with Crippen molar-refractivity contribution in [2.45, 2.75) is 19.8 Å². The second-order valence-corrected chi connectivity index (χ2v) is 3.93. The number of carbonyl (C=O) groups is 1. The van der Waals surface area contributed by atoms with Crippen molar-refractivity contribution in [1.29, 1.82) is 0 Å². The second-order valence-electron chi connectivity index (χ2n) is 3.53. The molecule has 0 saturated heterocycles. The minimum absolute atomic E-state index is 0.0863. The van der Waals surface area contributed by atoms with Crippen molar-refractivity contribution < 1.29 is 4.79 Å². The van der Waals surface area contributed by atoms with E-state index in [1.54, 1.807) is 18.2 Å². The molecule has 0 saturated carbocycles. The van der Waals surface area contributed by atoms with E-state index in [0.717, 1.165) is 12.0 Å². The van der Waals surface area contributed by atoms with E-state index in [2.05, 4.69) is 11.2 Å². The molecule has 0 aliphatic carbocycles. The first-order chi connectivity index (χ1) is 7.65. The molecule has 0 unspecified atom stereocenters. The Morgan fingerprint density at radius 3 is 2.94 bits per heavy atom. The fourth-order valence-corrected chi connectivity index (χ4v) is 1.40. The average molecular weight is 236 g/mol. The number of hydrogen-bond acceptors (Lipinski definition) is 1. The zero-order valence-electron chi connectivity index (χ0n) is 9.22. The van der Waals surface area contributed by atoms with Crippen molar-refractivity contribution >= 4 is 17.5 Å². The van der Waals surface area contributed by atoms with Gasteiger partial charge in [0.15, 0.2) is 0 Å². The fraction of sp³-hybridized carbons (Fsp3) is 0.308. The van der Waals surface area contributed by atoms with Crippen LogP contribution >= 0.6 is 11.6 Å². The van der Waals surface area contributed by atoms with Gasteiger partial charge in [-0.25, -0.2) is 0 Å². The van der Waals surface area contributed by atoms with Gasteiger partial charge >= 0.3 is 0 Å². The zero-order chi connectivity index (χ0) is 12.0. The number of carbonyl (C=O) groups excluding carboxylic acids is 1. The monoisotopic (exact) mass is 235 g/mol. The van der Waals surface area contributed by atoms with E-state index in [0.29, 0.717) is 23.6 Å². The Bertz CT molecular complexity index is 420. The van der Waals surface area contributed by atoms with E-state index < -0.39 is 0 Å². The van der Waals surface area contributed by atoms with Gasteiger partial charge in [0, 0.05) is 23.6 Å². The molecule has 0 aliphatic heterocycles. The summed E-state index contributed by atoms with van der Waals surface area (Å²) in [7, 11) is 0. The Hall–Kier alpha value is -1.46. The summed E-state index contributed by atoms with van der Waals surface area (Å²) in [6.45, 7) is 2.47. The Morgan fingerprint density at radius 2 is 2.31 bits per heavy atom. The molecule has 3 heteroatoms. The van der Waals surface area contributed by atoms with E-state index >= 15 is 0 Å². The number of benzene rings is 1. The molecule has 0 fully saturated rings. The molecular weight excluding hydrogens is 222 g/mol. The van der Waals surface area contributed by atoms with Crippen molar-refractivity contribution in [2.24, 2.45) is 0 Å². The van der Waals surface area contributed by atoms with Crippen molar-refractivity contribution in [3.63, 3.8) is 0 Å². The maximum absolute atomic E-state index is 11.7. The van der Waals surface area contributed by atoms with E-state index in [4.69, 9.17) is 18.0 Å². The maximum atomic E-state index is 11.7. The Kier molecular flexibility index (Phi) is 4.88. The molecule has 0 bridgehead atoms.